The van der Waals surface area contributed by atoms with Gasteiger partial charge < -0.3 is 10.2 Å². The molecule has 0 aromatic carbocycles. The molecule has 0 amide bonds. The molecular weight excluding hydrogens is 352 g/mol. The summed E-state index contributed by atoms with van der Waals surface area (Å²) in [5, 5.41) is 19.2. The fraction of sp³-hybridized carbons (Fsp3) is 0.917. The highest BCUT2D eigenvalue weighted by molar-refractivity contribution is 5.83. The minimum Gasteiger partial charge on any atom is -0.481 e. The van der Waals surface area contributed by atoms with Gasteiger partial charge in [0.1, 0.15) is 5.78 Å². The van der Waals surface area contributed by atoms with E-state index in [-0.39, 0.29) is 29.3 Å². The molecule has 0 aromatic heterocycles. The third-order valence-corrected chi connectivity index (χ3v) is 10.0. The Morgan fingerprint density at radius 1 is 1.11 bits per heavy atom. The van der Waals surface area contributed by atoms with Crippen LogP contribution in [0.2, 0.25) is 0 Å². The third-order valence-electron chi connectivity index (χ3n) is 10.0. The van der Waals surface area contributed by atoms with Crippen LogP contribution in [0.1, 0.15) is 85.0 Å². The number of carboxylic acids is 1. The van der Waals surface area contributed by atoms with Crippen LogP contribution >= 0.6 is 0 Å². The smallest absolute Gasteiger partial charge is 0.303 e. The van der Waals surface area contributed by atoms with Gasteiger partial charge in [-0.15, -0.1) is 0 Å². The SMILES string of the molecule is CC(CCC(=O)O)C1CCC2C3CC(=O)[C@@H]4C[C@H](O)CC[C@]4(C)C3CC[C@]12C. The number of aliphatic hydroxyl groups excluding tert-OH is 1. The number of aliphatic carboxylic acids is 1. The van der Waals surface area contributed by atoms with E-state index in [0.29, 0.717) is 48.2 Å². The molecule has 2 N–H and O–H groups in total. The van der Waals surface area contributed by atoms with E-state index in [1.165, 1.54) is 25.7 Å². The second-order valence-electron chi connectivity index (χ2n) is 11.2. The van der Waals surface area contributed by atoms with Crippen molar-refractivity contribution >= 4 is 11.8 Å². The lowest BCUT2D eigenvalue weighted by Gasteiger charge is -2.60. The first kappa shape index (κ1) is 20.4. The van der Waals surface area contributed by atoms with E-state index >= 15 is 0 Å². The molecule has 0 saturated heterocycles. The van der Waals surface area contributed by atoms with Crippen molar-refractivity contribution in [2.45, 2.75) is 91.1 Å². The Balaban J connectivity index is 1.55. The second kappa shape index (κ2) is 7.11. The molecule has 4 rings (SSSR count). The zero-order valence-corrected chi connectivity index (χ0v) is 17.8. The van der Waals surface area contributed by atoms with Crippen LogP contribution in [0.4, 0.5) is 0 Å². The molecule has 28 heavy (non-hydrogen) atoms. The minimum atomic E-state index is -0.688. The van der Waals surface area contributed by atoms with Crippen LogP contribution in [-0.2, 0) is 9.59 Å². The first-order chi connectivity index (χ1) is 13.2. The number of rotatable bonds is 4. The largest absolute Gasteiger partial charge is 0.481 e. The topological polar surface area (TPSA) is 74.6 Å². The molecule has 158 valence electrons. The van der Waals surface area contributed by atoms with Gasteiger partial charge in [-0.2, -0.15) is 0 Å². The highest BCUT2D eigenvalue weighted by Crippen LogP contribution is 2.67. The molecule has 0 bridgehead atoms. The quantitative estimate of drug-likeness (QED) is 0.730. The molecule has 4 aliphatic rings. The standard InChI is InChI=1S/C24H38O4/c1-14(4-7-22(27)28)17-5-6-18-16-13-21(26)20-12-15(25)8-10-24(20,3)19(16)9-11-23(17,18)2/h14-20,25H,4-13H2,1-3H3,(H,27,28)/t14?,15-,16?,17?,18?,19?,20+,23-,24-/m1/s1. The van der Waals surface area contributed by atoms with Crippen LogP contribution in [0, 0.1) is 46.3 Å². The van der Waals surface area contributed by atoms with E-state index in [1.54, 1.807) is 0 Å². The summed E-state index contributed by atoms with van der Waals surface area (Å²) in [7, 11) is 0. The molecule has 4 aliphatic carbocycles. The van der Waals surface area contributed by atoms with Crippen molar-refractivity contribution in [3.8, 4) is 0 Å². The predicted octanol–water partition coefficient (Wildman–Crippen LogP) is 4.69. The number of carbonyl (C=O) groups is 2. The van der Waals surface area contributed by atoms with Gasteiger partial charge in [-0.1, -0.05) is 20.8 Å². The molecular formula is C24H38O4. The maximum atomic E-state index is 13.1. The van der Waals surface area contributed by atoms with E-state index in [9.17, 15) is 14.7 Å². The van der Waals surface area contributed by atoms with Gasteiger partial charge in [0.05, 0.1) is 6.10 Å². The van der Waals surface area contributed by atoms with Crippen molar-refractivity contribution in [2.24, 2.45) is 46.3 Å². The highest BCUT2D eigenvalue weighted by atomic mass is 16.4. The number of ketones is 1. The average molecular weight is 391 g/mol. The van der Waals surface area contributed by atoms with Crippen LogP contribution in [0.5, 0.6) is 0 Å². The Morgan fingerprint density at radius 2 is 1.79 bits per heavy atom. The molecule has 4 fully saturated rings. The van der Waals surface area contributed by atoms with Gasteiger partial charge in [0, 0.05) is 18.8 Å². The van der Waals surface area contributed by atoms with Gasteiger partial charge in [-0.25, -0.2) is 0 Å². The summed E-state index contributed by atoms with van der Waals surface area (Å²) in [5.41, 5.74) is 0.338. The minimum absolute atomic E-state index is 0.0635. The zero-order valence-electron chi connectivity index (χ0n) is 17.8. The number of aliphatic hydroxyl groups is 1. The Labute approximate surface area is 169 Å². The lowest BCUT2D eigenvalue weighted by Crippen LogP contribution is -2.57. The summed E-state index contributed by atoms with van der Waals surface area (Å²) in [6.07, 6.45) is 8.80. The molecule has 0 radical (unpaired) electrons. The Kier molecular flexibility index (Phi) is 5.17. The second-order valence-corrected chi connectivity index (χ2v) is 11.2. The summed E-state index contributed by atoms with van der Waals surface area (Å²) in [4.78, 5) is 24.2. The summed E-state index contributed by atoms with van der Waals surface area (Å²) in [5.74, 6) is 2.54. The van der Waals surface area contributed by atoms with Crippen molar-refractivity contribution < 1.29 is 19.8 Å². The normalized spacial score (nSPS) is 49.1. The molecule has 0 aromatic rings. The number of carbonyl (C=O) groups excluding carboxylic acids is 1. The van der Waals surface area contributed by atoms with E-state index in [4.69, 9.17) is 5.11 Å². The molecule has 4 heteroatoms. The molecule has 9 atom stereocenters. The fourth-order valence-corrected chi connectivity index (χ4v) is 8.55. The van der Waals surface area contributed by atoms with Crippen molar-refractivity contribution in [3.05, 3.63) is 0 Å². The first-order valence-corrected chi connectivity index (χ1v) is 11.6. The molecule has 0 spiro atoms. The number of hydrogen-bond donors (Lipinski definition) is 2. The Morgan fingerprint density at radius 3 is 2.50 bits per heavy atom. The van der Waals surface area contributed by atoms with Crippen LogP contribution in [0.3, 0.4) is 0 Å². The fourth-order valence-electron chi connectivity index (χ4n) is 8.55. The number of hydrogen-bond acceptors (Lipinski definition) is 3. The van der Waals surface area contributed by atoms with Crippen LogP contribution in [0.25, 0.3) is 0 Å². The van der Waals surface area contributed by atoms with Crippen molar-refractivity contribution in [3.63, 3.8) is 0 Å². The number of Topliss-reactive ketones (excluding diaryl/α,β-unsaturated/α-hetero) is 1. The van der Waals surface area contributed by atoms with Gasteiger partial charge in [-0.3, -0.25) is 9.59 Å². The molecule has 0 heterocycles. The Bertz CT molecular complexity index is 645. The van der Waals surface area contributed by atoms with Crippen LogP contribution in [0.15, 0.2) is 0 Å². The van der Waals surface area contributed by atoms with Gasteiger partial charge in [0.25, 0.3) is 0 Å². The van der Waals surface area contributed by atoms with Crippen LogP contribution < -0.4 is 0 Å². The van der Waals surface area contributed by atoms with E-state index in [2.05, 4.69) is 20.8 Å². The highest BCUT2D eigenvalue weighted by Gasteiger charge is 2.62. The summed E-state index contributed by atoms with van der Waals surface area (Å²) >= 11 is 0. The monoisotopic (exact) mass is 390 g/mol. The predicted molar refractivity (Wildman–Crippen MR) is 108 cm³/mol. The van der Waals surface area contributed by atoms with E-state index in [1.807, 2.05) is 0 Å². The van der Waals surface area contributed by atoms with Crippen molar-refractivity contribution in [2.75, 3.05) is 0 Å². The Hall–Kier alpha value is -0.900. The summed E-state index contributed by atoms with van der Waals surface area (Å²) in [6.45, 7) is 7.05. The molecule has 0 aliphatic heterocycles. The first-order valence-electron chi connectivity index (χ1n) is 11.6. The van der Waals surface area contributed by atoms with Crippen molar-refractivity contribution in [1.82, 2.24) is 0 Å². The number of fused-ring (bicyclic) bond motifs is 5. The van der Waals surface area contributed by atoms with Crippen molar-refractivity contribution in [1.29, 1.82) is 0 Å². The van der Waals surface area contributed by atoms with Gasteiger partial charge in [0.2, 0.25) is 0 Å². The lowest BCUT2D eigenvalue weighted by molar-refractivity contribution is -0.160. The molecule has 4 nitrogen and oxygen atoms in total. The van der Waals surface area contributed by atoms with Gasteiger partial charge in [0.15, 0.2) is 0 Å². The summed E-state index contributed by atoms with van der Waals surface area (Å²) in [6, 6.07) is 0. The van der Waals surface area contributed by atoms with E-state index < -0.39 is 5.97 Å². The van der Waals surface area contributed by atoms with Gasteiger partial charge in [-0.05, 0) is 91.8 Å². The lowest BCUT2D eigenvalue weighted by atomic mass is 9.44. The zero-order chi connectivity index (χ0) is 20.3. The third kappa shape index (κ3) is 3.05. The summed E-state index contributed by atoms with van der Waals surface area (Å²) < 4.78 is 0. The van der Waals surface area contributed by atoms with Crippen LogP contribution in [-0.4, -0.2) is 28.1 Å². The molecule has 4 saturated carbocycles. The van der Waals surface area contributed by atoms with E-state index in [0.717, 1.165) is 19.3 Å². The maximum Gasteiger partial charge on any atom is 0.303 e. The maximum absolute atomic E-state index is 13.1. The number of carboxylic acid groups (broad SMARTS) is 1. The van der Waals surface area contributed by atoms with Gasteiger partial charge >= 0.3 is 5.97 Å². The average Bonchev–Trinajstić information content (AvgIpc) is 2.99. The molecule has 5 unspecified atom stereocenters.